The Morgan fingerprint density at radius 3 is 2.58 bits per heavy atom. The predicted molar refractivity (Wildman–Crippen MR) is 102 cm³/mol. The topological polar surface area (TPSA) is 23.6 Å². The van der Waals surface area contributed by atoms with Crippen molar-refractivity contribution in [1.82, 2.24) is 4.90 Å². The van der Waals surface area contributed by atoms with Gasteiger partial charge >= 0.3 is 0 Å². The molecule has 2 aliphatic rings. The maximum Gasteiger partial charge on any atom is 0.254 e. The Labute approximate surface area is 154 Å². The van der Waals surface area contributed by atoms with Crippen LogP contribution in [0.25, 0.3) is 0 Å². The average molecular weight is 352 g/mol. The molecule has 0 aromatic heterocycles. The van der Waals surface area contributed by atoms with Crippen LogP contribution in [0.15, 0.2) is 54.6 Å². The van der Waals surface area contributed by atoms with Crippen molar-refractivity contribution in [2.24, 2.45) is 0 Å². The van der Waals surface area contributed by atoms with E-state index in [1.165, 1.54) is 6.07 Å². The number of carbonyl (C=O) groups excluding carboxylic acids is 1. The number of fused-ring (bicyclic) bond motifs is 1. The molecule has 0 bridgehead atoms. The first-order valence-electron chi connectivity index (χ1n) is 9.38. The second kappa shape index (κ2) is 6.42. The van der Waals surface area contributed by atoms with E-state index < -0.39 is 0 Å². The molecule has 1 amide bonds. The minimum atomic E-state index is -0.213. The summed E-state index contributed by atoms with van der Waals surface area (Å²) in [6, 6.07) is 16.8. The molecule has 0 spiro atoms. The largest absolute Gasteiger partial charge is 0.361 e. The molecule has 0 radical (unpaired) electrons. The summed E-state index contributed by atoms with van der Waals surface area (Å²) < 4.78 is 13.8. The highest BCUT2D eigenvalue weighted by molar-refractivity contribution is 5.94. The molecule has 3 nitrogen and oxygen atoms in total. The Balaban J connectivity index is 1.67. The van der Waals surface area contributed by atoms with Gasteiger partial charge in [-0.15, -0.1) is 0 Å². The summed E-state index contributed by atoms with van der Waals surface area (Å²) in [5, 5.41) is 0. The molecule has 4 rings (SSSR count). The molecule has 0 N–H and O–H groups in total. The van der Waals surface area contributed by atoms with Crippen molar-refractivity contribution in [3.8, 4) is 0 Å². The van der Waals surface area contributed by atoms with Gasteiger partial charge in [0.1, 0.15) is 5.82 Å². The summed E-state index contributed by atoms with van der Waals surface area (Å²) in [7, 11) is 0. The Morgan fingerprint density at radius 2 is 1.85 bits per heavy atom. The molecule has 0 aliphatic carbocycles. The van der Waals surface area contributed by atoms with E-state index in [0.717, 1.165) is 37.1 Å². The summed E-state index contributed by atoms with van der Waals surface area (Å²) >= 11 is 0. The van der Waals surface area contributed by atoms with Crippen LogP contribution in [0.4, 0.5) is 10.1 Å². The Kier molecular flexibility index (Phi) is 4.22. The van der Waals surface area contributed by atoms with E-state index in [1.807, 2.05) is 41.3 Å². The molecule has 0 unspecified atom stereocenters. The molecular formula is C22H25FN2O. The molecule has 2 aliphatic heterocycles. The minimum absolute atomic E-state index is 0.109. The molecule has 4 heteroatoms. The van der Waals surface area contributed by atoms with Gasteiger partial charge in [-0.3, -0.25) is 4.79 Å². The Morgan fingerprint density at radius 1 is 1.08 bits per heavy atom. The molecule has 26 heavy (non-hydrogen) atoms. The fraction of sp³-hybridized carbons (Fsp3) is 0.409. The number of halogens is 1. The molecule has 0 saturated carbocycles. The zero-order valence-electron chi connectivity index (χ0n) is 15.4. The third-order valence-corrected chi connectivity index (χ3v) is 5.80. The van der Waals surface area contributed by atoms with Gasteiger partial charge in [0.2, 0.25) is 0 Å². The van der Waals surface area contributed by atoms with Gasteiger partial charge in [0.25, 0.3) is 5.91 Å². The van der Waals surface area contributed by atoms with Crippen LogP contribution in [0.5, 0.6) is 0 Å². The normalized spacial score (nSPS) is 24.4. The summed E-state index contributed by atoms with van der Waals surface area (Å²) in [6.07, 6.45) is 2.90. The number of piperidine rings is 1. The first-order valence-corrected chi connectivity index (χ1v) is 9.38. The number of rotatable bonds is 2. The summed E-state index contributed by atoms with van der Waals surface area (Å²) in [5.74, 6) is -0.105. The van der Waals surface area contributed by atoms with E-state index in [9.17, 15) is 9.18 Å². The number of hydrogen-bond donors (Lipinski definition) is 0. The number of likely N-dealkylation sites (tertiary alicyclic amines) is 1. The zero-order chi connectivity index (χ0) is 18.3. The highest BCUT2D eigenvalue weighted by Crippen LogP contribution is 2.44. The van der Waals surface area contributed by atoms with Crippen LogP contribution in [-0.4, -0.2) is 35.0 Å². The number of carbonyl (C=O) groups is 1. The van der Waals surface area contributed by atoms with E-state index >= 15 is 0 Å². The van der Waals surface area contributed by atoms with Gasteiger partial charge in [-0.1, -0.05) is 24.3 Å². The van der Waals surface area contributed by atoms with Crippen LogP contribution in [0, 0.1) is 5.82 Å². The highest BCUT2D eigenvalue weighted by atomic mass is 19.1. The number of benzene rings is 2. The number of amides is 1. The Bertz CT molecular complexity index is 805. The van der Waals surface area contributed by atoms with Crippen molar-refractivity contribution in [2.75, 3.05) is 11.4 Å². The monoisotopic (exact) mass is 352 g/mol. The molecule has 136 valence electrons. The Hall–Kier alpha value is -2.36. The van der Waals surface area contributed by atoms with Crippen molar-refractivity contribution < 1.29 is 9.18 Å². The van der Waals surface area contributed by atoms with Crippen LogP contribution in [0.3, 0.4) is 0 Å². The molecule has 2 atom stereocenters. The predicted octanol–water partition coefficient (Wildman–Crippen LogP) is 4.49. The quantitative estimate of drug-likeness (QED) is 0.795. The number of hydrogen-bond acceptors (Lipinski definition) is 2. The average Bonchev–Trinajstić information content (AvgIpc) is 2.91. The molecule has 2 heterocycles. The van der Waals surface area contributed by atoms with E-state index in [2.05, 4.69) is 18.7 Å². The van der Waals surface area contributed by atoms with Gasteiger partial charge < -0.3 is 9.80 Å². The van der Waals surface area contributed by atoms with Gasteiger partial charge in [0.05, 0.1) is 12.1 Å². The van der Waals surface area contributed by atoms with Crippen LogP contribution in [0.2, 0.25) is 0 Å². The SMILES string of the molecule is CC1(C)C[C@H]2[C@H](CCCN2C(=O)c2ccccc2)N1c1cccc(F)c1. The summed E-state index contributed by atoms with van der Waals surface area (Å²) in [6.45, 7) is 5.19. The van der Waals surface area contributed by atoms with Crippen LogP contribution < -0.4 is 4.90 Å². The van der Waals surface area contributed by atoms with Gasteiger partial charge in [-0.05, 0) is 63.4 Å². The van der Waals surface area contributed by atoms with Gasteiger partial charge in [-0.25, -0.2) is 4.39 Å². The van der Waals surface area contributed by atoms with Crippen LogP contribution in [0.1, 0.15) is 43.5 Å². The van der Waals surface area contributed by atoms with Crippen molar-refractivity contribution >= 4 is 11.6 Å². The number of nitrogens with zero attached hydrogens (tertiary/aromatic N) is 2. The lowest BCUT2D eigenvalue weighted by Gasteiger charge is -2.42. The van der Waals surface area contributed by atoms with Crippen molar-refractivity contribution in [2.45, 2.75) is 50.7 Å². The first kappa shape index (κ1) is 17.1. The summed E-state index contributed by atoms with van der Waals surface area (Å²) in [4.78, 5) is 17.5. The van der Waals surface area contributed by atoms with Gasteiger partial charge in [0.15, 0.2) is 0 Å². The second-order valence-electron chi connectivity index (χ2n) is 8.01. The fourth-order valence-corrected chi connectivity index (χ4v) is 4.81. The lowest BCUT2D eigenvalue weighted by atomic mass is 9.93. The zero-order valence-corrected chi connectivity index (χ0v) is 15.4. The van der Waals surface area contributed by atoms with Crippen molar-refractivity contribution in [3.05, 3.63) is 66.0 Å². The van der Waals surface area contributed by atoms with Crippen LogP contribution >= 0.6 is 0 Å². The van der Waals surface area contributed by atoms with Crippen molar-refractivity contribution in [1.29, 1.82) is 0 Å². The summed E-state index contributed by atoms with van der Waals surface area (Å²) in [5.41, 5.74) is 1.54. The fourth-order valence-electron chi connectivity index (χ4n) is 4.81. The molecule has 2 aromatic rings. The maximum atomic E-state index is 13.8. The minimum Gasteiger partial charge on any atom is -0.361 e. The van der Waals surface area contributed by atoms with E-state index in [-0.39, 0.29) is 29.3 Å². The third-order valence-electron chi connectivity index (χ3n) is 5.80. The lowest BCUT2D eigenvalue weighted by Crippen LogP contribution is -2.52. The second-order valence-corrected chi connectivity index (χ2v) is 8.01. The molecule has 2 fully saturated rings. The molecular weight excluding hydrogens is 327 g/mol. The highest BCUT2D eigenvalue weighted by Gasteiger charge is 2.50. The molecule has 2 saturated heterocycles. The van der Waals surface area contributed by atoms with Gasteiger partial charge in [0, 0.05) is 23.3 Å². The van der Waals surface area contributed by atoms with E-state index in [1.54, 1.807) is 12.1 Å². The maximum absolute atomic E-state index is 13.8. The van der Waals surface area contributed by atoms with Crippen LogP contribution in [-0.2, 0) is 0 Å². The van der Waals surface area contributed by atoms with Crippen molar-refractivity contribution in [3.63, 3.8) is 0 Å². The smallest absolute Gasteiger partial charge is 0.254 e. The standard InChI is InChI=1S/C22H25FN2O/c1-22(2)15-20-19(25(22)18-11-6-10-17(23)14-18)12-7-13-24(20)21(26)16-8-4-3-5-9-16/h3-6,8-11,14,19-20H,7,12-13,15H2,1-2H3/t19-,20-/m0/s1. The van der Waals surface area contributed by atoms with E-state index in [4.69, 9.17) is 0 Å². The number of anilines is 1. The lowest BCUT2D eigenvalue weighted by molar-refractivity contribution is 0.0605. The van der Waals surface area contributed by atoms with E-state index in [0.29, 0.717) is 0 Å². The third kappa shape index (κ3) is 2.87. The van der Waals surface area contributed by atoms with Gasteiger partial charge in [-0.2, -0.15) is 0 Å². The molecule has 2 aromatic carbocycles. The first-order chi connectivity index (χ1) is 12.5.